The van der Waals surface area contributed by atoms with Gasteiger partial charge in [-0.25, -0.2) is 0 Å². The molecule has 0 spiro atoms. The summed E-state index contributed by atoms with van der Waals surface area (Å²) in [5.74, 6) is -0.374. The lowest BCUT2D eigenvalue weighted by atomic mass is 10.1. The highest BCUT2D eigenvalue weighted by atomic mass is 16.5. The molecule has 4 rings (SSSR count). The molecule has 0 aliphatic carbocycles. The van der Waals surface area contributed by atoms with E-state index in [1.807, 2.05) is 41.2 Å². The maximum absolute atomic E-state index is 12.4. The van der Waals surface area contributed by atoms with Crippen LogP contribution in [0.25, 0.3) is 0 Å². The first-order valence-electron chi connectivity index (χ1n) is 8.97. The highest BCUT2D eigenvalue weighted by molar-refractivity contribution is 6.00. The molecule has 2 aliphatic rings. The molecule has 1 unspecified atom stereocenters. The van der Waals surface area contributed by atoms with Gasteiger partial charge < -0.3 is 15.0 Å². The van der Waals surface area contributed by atoms with Crippen LogP contribution in [-0.4, -0.2) is 41.3 Å². The Labute approximate surface area is 151 Å². The fourth-order valence-electron chi connectivity index (χ4n) is 3.57. The predicted octanol–water partition coefficient (Wildman–Crippen LogP) is 1.13. The SMILES string of the molecule is O=C(NCCn1ncc2c1CCOC2)C1CC(=O)N(c2ccccc2)C1. The topological polar surface area (TPSA) is 76.5 Å². The second-order valence-electron chi connectivity index (χ2n) is 6.67. The molecule has 26 heavy (non-hydrogen) atoms. The number of amides is 2. The number of benzene rings is 1. The molecule has 7 heteroatoms. The smallest absolute Gasteiger partial charge is 0.227 e. The third-order valence-corrected chi connectivity index (χ3v) is 4.96. The Kier molecular flexibility index (Phi) is 4.71. The normalized spacial score (nSPS) is 19.5. The van der Waals surface area contributed by atoms with E-state index in [0.717, 1.165) is 17.7 Å². The van der Waals surface area contributed by atoms with Crippen molar-refractivity contribution in [3.8, 4) is 0 Å². The summed E-state index contributed by atoms with van der Waals surface area (Å²) in [5.41, 5.74) is 3.16. The monoisotopic (exact) mass is 354 g/mol. The molecule has 1 atom stereocenters. The van der Waals surface area contributed by atoms with Crippen LogP contribution in [0, 0.1) is 5.92 Å². The van der Waals surface area contributed by atoms with Gasteiger partial charge in [-0.2, -0.15) is 5.10 Å². The minimum absolute atomic E-state index is 0.00232. The van der Waals surface area contributed by atoms with Crippen molar-refractivity contribution in [3.05, 3.63) is 47.8 Å². The van der Waals surface area contributed by atoms with Gasteiger partial charge in [-0.1, -0.05) is 18.2 Å². The maximum Gasteiger partial charge on any atom is 0.227 e. The minimum Gasteiger partial charge on any atom is -0.376 e. The van der Waals surface area contributed by atoms with Crippen molar-refractivity contribution in [2.75, 3.05) is 24.6 Å². The van der Waals surface area contributed by atoms with Crippen LogP contribution in [0.2, 0.25) is 0 Å². The number of fused-ring (bicyclic) bond motifs is 1. The lowest BCUT2D eigenvalue weighted by Crippen LogP contribution is -2.35. The van der Waals surface area contributed by atoms with Gasteiger partial charge in [0.1, 0.15) is 0 Å². The summed E-state index contributed by atoms with van der Waals surface area (Å²) in [6, 6.07) is 9.48. The summed E-state index contributed by atoms with van der Waals surface area (Å²) in [4.78, 5) is 26.4. The molecule has 0 bridgehead atoms. The summed E-state index contributed by atoms with van der Waals surface area (Å²) >= 11 is 0. The maximum atomic E-state index is 12.4. The zero-order chi connectivity index (χ0) is 17.9. The fourth-order valence-corrected chi connectivity index (χ4v) is 3.57. The third kappa shape index (κ3) is 3.35. The molecule has 2 amide bonds. The van der Waals surface area contributed by atoms with Crippen molar-refractivity contribution >= 4 is 17.5 Å². The van der Waals surface area contributed by atoms with Crippen LogP contribution in [0.1, 0.15) is 17.7 Å². The van der Waals surface area contributed by atoms with E-state index < -0.39 is 0 Å². The molecular formula is C19H22N4O3. The zero-order valence-electron chi connectivity index (χ0n) is 14.6. The van der Waals surface area contributed by atoms with Crippen LogP contribution in [0.3, 0.4) is 0 Å². The average Bonchev–Trinajstić information content (AvgIpc) is 3.26. The van der Waals surface area contributed by atoms with Gasteiger partial charge in [0, 0.05) is 42.9 Å². The van der Waals surface area contributed by atoms with Crippen molar-refractivity contribution in [1.82, 2.24) is 15.1 Å². The molecule has 1 N–H and O–H groups in total. The second kappa shape index (κ2) is 7.29. The fraction of sp³-hybridized carbons (Fsp3) is 0.421. The molecule has 1 fully saturated rings. The second-order valence-corrected chi connectivity index (χ2v) is 6.67. The number of nitrogens with zero attached hydrogens (tertiary/aromatic N) is 3. The first kappa shape index (κ1) is 16.8. The van der Waals surface area contributed by atoms with E-state index >= 15 is 0 Å². The quantitative estimate of drug-likeness (QED) is 0.873. The third-order valence-electron chi connectivity index (χ3n) is 4.96. The van der Waals surface area contributed by atoms with Gasteiger partial charge >= 0.3 is 0 Å². The van der Waals surface area contributed by atoms with Crippen LogP contribution >= 0.6 is 0 Å². The number of aromatic nitrogens is 2. The first-order chi connectivity index (χ1) is 12.7. The Balaban J connectivity index is 1.30. The molecule has 2 aliphatic heterocycles. The molecule has 1 aromatic heterocycles. The van der Waals surface area contributed by atoms with Crippen LogP contribution in [0.15, 0.2) is 36.5 Å². The largest absolute Gasteiger partial charge is 0.376 e. The van der Waals surface area contributed by atoms with E-state index in [9.17, 15) is 9.59 Å². The van der Waals surface area contributed by atoms with Crippen LogP contribution in [0.4, 0.5) is 5.69 Å². The van der Waals surface area contributed by atoms with Crippen LogP contribution in [-0.2, 0) is 33.9 Å². The Morgan fingerprint density at radius 1 is 1.31 bits per heavy atom. The Hall–Kier alpha value is -2.67. The predicted molar refractivity (Wildman–Crippen MR) is 95.5 cm³/mol. The van der Waals surface area contributed by atoms with Crippen molar-refractivity contribution in [1.29, 1.82) is 0 Å². The van der Waals surface area contributed by atoms with Gasteiger partial charge in [-0.05, 0) is 12.1 Å². The first-order valence-corrected chi connectivity index (χ1v) is 8.97. The number of rotatable bonds is 5. The summed E-state index contributed by atoms with van der Waals surface area (Å²) in [6.45, 7) is 2.89. The Morgan fingerprint density at radius 3 is 3.00 bits per heavy atom. The van der Waals surface area contributed by atoms with Crippen molar-refractivity contribution < 1.29 is 14.3 Å². The summed E-state index contributed by atoms with van der Waals surface area (Å²) in [6.07, 6.45) is 2.95. The van der Waals surface area contributed by atoms with Gasteiger partial charge in [0.15, 0.2) is 0 Å². The summed E-state index contributed by atoms with van der Waals surface area (Å²) in [5, 5.41) is 7.33. The van der Waals surface area contributed by atoms with Gasteiger partial charge in [0.2, 0.25) is 11.8 Å². The lowest BCUT2D eigenvalue weighted by Gasteiger charge is -2.17. The van der Waals surface area contributed by atoms with E-state index in [0.29, 0.717) is 32.8 Å². The zero-order valence-corrected chi connectivity index (χ0v) is 14.6. The molecule has 2 aromatic rings. The number of ether oxygens (including phenoxy) is 1. The van der Waals surface area contributed by atoms with E-state index in [-0.39, 0.29) is 24.2 Å². The van der Waals surface area contributed by atoms with E-state index in [4.69, 9.17) is 4.74 Å². The summed E-state index contributed by atoms with van der Waals surface area (Å²) in [7, 11) is 0. The Bertz CT molecular complexity index is 802. The van der Waals surface area contributed by atoms with Crippen molar-refractivity contribution in [3.63, 3.8) is 0 Å². The van der Waals surface area contributed by atoms with E-state index in [1.165, 1.54) is 5.69 Å². The van der Waals surface area contributed by atoms with Crippen LogP contribution < -0.4 is 10.2 Å². The van der Waals surface area contributed by atoms with E-state index in [1.54, 1.807) is 4.90 Å². The molecular weight excluding hydrogens is 332 g/mol. The summed E-state index contributed by atoms with van der Waals surface area (Å²) < 4.78 is 7.36. The van der Waals surface area contributed by atoms with Gasteiger partial charge in [0.25, 0.3) is 0 Å². The standard InChI is InChI=1S/C19H22N4O3/c24-18-10-14(12-22(18)16-4-2-1-3-5-16)19(25)20-7-8-23-17-6-9-26-13-15(17)11-21-23/h1-5,11,14H,6-10,12-13H2,(H,20,25). The highest BCUT2D eigenvalue weighted by Gasteiger charge is 2.34. The number of para-hydroxylation sites is 1. The molecule has 1 saturated heterocycles. The van der Waals surface area contributed by atoms with Crippen molar-refractivity contribution in [2.45, 2.75) is 26.0 Å². The highest BCUT2D eigenvalue weighted by Crippen LogP contribution is 2.24. The van der Waals surface area contributed by atoms with Gasteiger partial charge in [-0.15, -0.1) is 0 Å². The number of hydrogen-bond donors (Lipinski definition) is 1. The van der Waals surface area contributed by atoms with Crippen LogP contribution in [0.5, 0.6) is 0 Å². The van der Waals surface area contributed by atoms with Gasteiger partial charge in [0.05, 0.1) is 31.9 Å². The lowest BCUT2D eigenvalue weighted by molar-refractivity contribution is -0.126. The number of nitrogens with one attached hydrogen (secondary N) is 1. The number of anilines is 1. The van der Waals surface area contributed by atoms with Gasteiger partial charge in [-0.3, -0.25) is 14.3 Å². The molecule has 1 aromatic carbocycles. The molecule has 136 valence electrons. The number of hydrogen-bond acceptors (Lipinski definition) is 4. The number of carbonyl (C=O) groups excluding carboxylic acids is 2. The molecule has 0 radical (unpaired) electrons. The minimum atomic E-state index is -0.303. The molecule has 0 saturated carbocycles. The van der Waals surface area contributed by atoms with Crippen molar-refractivity contribution in [2.24, 2.45) is 5.92 Å². The Morgan fingerprint density at radius 2 is 2.15 bits per heavy atom. The number of carbonyl (C=O) groups is 2. The average molecular weight is 354 g/mol. The van der Waals surface area contributed by atoms with E-state index in [2.05, 4.69) is 10.4 Å². The molecule has 3 heterocycles. The molecule has 7 nitrogen and oxygen atoms in total.